The standard InChI is InChI=1S/C24H27N9O2/c1-14(2)33-13-26-21-22(33)29-24(30-23(21)35)28-20-11-18(9-10-19(20)27-15(3)34)32-31-17-7-5-16(6-8-17)12-25-4/h5-11,13-14,25H,12H2,1-4H3,(H,27,34)(H2,28,29,30,35). The molecule has 4 N–H and O–H groups in total. The molecule has 1 amide bonds. The highest BCUT2D eigenvalue weighted by molar-refractivity contribution is 5.93. The Hall–Kier alpha value is -4.38. The number of aromatic nitrogens is 4. The van der Waals surface area contributed by atoms with Crippen molar-refractivity contribution in [2.75, 3.05) is 17.7 Å². The fourth-order valence-electron chi connectivity index (χ4n) is 3.49. The van der Waals surface area contributed by atoms with Gasteiger partial charge in [0.15, 0.2) is 11.2 Å². The Bertz CT molecular complexity index is 1440. The van der Waals surface area contributed by atoms with Crippen LogP contribution in [0.2, 0.25) is 0 Å². The van der Waals surface area contributed by atoms with Crippen LogP contribution in [0.5, 0.6) is 0 Å². The Morgan fingerprint density at radius 1 is 1.09 bits per heavy atom. The summed E-state index contributed by atoms with van der Waals surface area (Å²) in [5.74, 6) is -0.0235. The summed E-state index contributed by atoms with van der Waals surface area (Å²) in [6.45, 7) is 6.16. The van der Waals surface area contributed by atoms with Crippen molar-refractivity contribution in [3.05, 3.63) is 64.7 Å². The predicted molar refractivity (Wildman–Crippen MR) is 136 cm³/mol. The molecule has 11 heteroatoms. The summed E-state index contributed by atoms with van der Waals surface area (Å²) in [7, 11) is 1.89. The molecule has 2 aromatic carbocycles. The number of imidazole rings is 1. The molecule has 2 heterocycles. The van der Waals surface area contributed by atoms with E-state index in [4.69, 9.17) is 0 Å². The number of carbonyl (C=O) groups excluding carboxylic acids is 1. The van der Waals surface area contributed by atoms with E-state index in [1.807, 2.05) is 49.7 Å². The third-order valence-corrected chi connectivity index (χ3v) is 5.15. The number of azo groups is 1. The Morgan fingerprint density at radius 3 is 2.49 bits per heavy atom. The average Bonchev–Trinajstić information content (AvgIpc) is 3.25. The minimum Gasteiger partial charge on any atom is -0.325 e. The van der Waals surface area contributed by atoms with Gasteiger partial charge in [-0.25, -0.2) is 4.98 Å². The number of carbonyl (C=O) groups is 1. The summed E-state index contributed by atoms with van der Waals surface area (Å²) in [6.07, 6.45) is 1.59. The maximum absolute atomic E-state index is 12.6. The van der Waals surface area contributed by atoms with Crippen LogP contribution in [0.25, 0.3) is 11.2 Å². The molecule has 2 aromatic heterocycles. The Morgan fingerprint density at radius 2 is 1.80 bits per heavy atom. The highest BCUT2D eigenvalue weighted by atomic mass is 16.1. The smallest absolute Gasteiger partial charge is 0.280 e. The van der Waals surface area contributed by atoms with Crippen LogP contribution in [0.1, 0.15) is 32.4 Å². The Balaban J connectivity index is 1.66. The second-order valence-corrected chi connectivity index (χ2v) is 8.27. The van der Waals surface area contributed by atoms with Crippen molar-refractivity contribution in [3.8, 4) is 0 Å². The zero-order valence-corrected chi connectivity index (χ0v) is 20.0. The number of hydrogen-bond acceptors (Lipinski definition) is 8. The molecule has 0 aliphatic carbocycles. The van der Waals surface area contributed by atoms with E-state index in [1.165, 1.54) is 6.92 Å². The summed E-state index contributed by atoms with van der Waals surface area (Å²) in [5, 5.41) is 17.6. The molecule has 0 bridgehead atoms. The van der Waals surface area contributed by atoms with Gasteiger partial charge in [-0.3, -0.25) is 14.6 Å². The number of anilines is 3. The van der Waals surface area contributed by atoms with Crippen molar-refractivity contribution < 1.29 is 4.79 Å². The number of fused-ring (bicyclic) bond motifs is 1. The minimum absolute atomic E-state index is 0.0770. The summed E-state index contributed by atoms with van der Waals surface area (Å²) < 4.78 is 1.82. The third kappa shape index (κ3) is 5.58. The monoisotopic (exact) mass is 473 g/mol. The van der Waals surface area contributed by atoms with Crippen molar-refractivity contribution in [3.63, 3.8) is 0 Å². The topological polar surface area (TPSA) is 141 Å². The van der Waals surface area contributed by atoms with Crippen molar-refractivity contribution in [1.29, 1.82) is 0 Å². The number of nitrogens with zero attached hydrogens (tertiary/aromatic N) is 5. The first kappa shape index (κ1) is 23.8. The van der Waals surface area contributed by atoms with Crippen LogP contribution in [0.4, 0.5) is 28.7 Å². The van der Waals surface area contributed by atoms with Gasteiger partial charge < -0.3 is 20.5 Å². The fraction of sp³-hybridized carbons (Fsp3) is 0.250. The molecule has 4 aromatic rings. The third-order valence-electron chi connectivity index (χ3n) is 5.15. The maximum atomic E-state index is 12.6. The van der Waals surface area contributed by atoms with Gasteiger partial charge in [-0.2, -0.15) is 15.2 Å². The molecule has 4 rings (SSSR count). The van der Waals surface area contributed by atoms with Gasteiger partial charge in [0, 0.05) is 19.5 Å². The number of nitrogens with one attached hydrogen (secondary N) is 4. The van der Waals surface area contributed by atoms with Crippen molar-refractivity contribution in [2.45, 2.75) is 33.4 Å². The molecule has 0 unspecified atom stereocenters. The molecule has 0 fully saturated rings. The predicted octanol–water partition coefficient (Wildman–Crippen LogP) is 4.54. The van der Waals surface area contributed by atoms with E-state index in [0.717, 1.165) is 12.1 Å². The first-order chi connectivity index (χ1) is 16.8. The summed E-state index contributed by atoms with van der Waals surface area (Å²) >= 11 is 0. The van der Waals surface area contributed by atoms with Crippen LogP contribution in [0.15, 0.2) is 63.8 Å². The second-order valence-electron chi connectivity index (χ2n) is 8.27. The molecule has 11 nitrogen and oxygen atoms in total. The molecular formula is C24H27N9O2. The van der Waals surface area contributed by atoms with Gasteiger partial charge in [-0.1, -0.05) is 12.1 Å². The van der Waals surface area contributed by atoms with E-state index in [-0.39, 0.29) is 29.0 Å². The molecule has 0 radical (unpaired) electrons. The number of H-pyrrole nitrogens is 1. The van der Waals surface area contributed by atoms with Crippen LogP contribution in [0, 0.1) is 0 Å². The zero-order valence-electron chi connectivity index (χ0n) is 20.0. The number of aromatic amines is 1. The van der Waals surface area contributed by atoms with Gasteiger partial charge in [-0.05, 0) is 56.8 Å². The molecule has 0 saturated heterocycles. The van der Waals surface area contributed by atoms with Crippen LogP contribution in [0.3, 0.4) is 0 Å². The molecule has 0 saturated carbocycles. The molecular weight excluding hydrogens is 446 g/mol. The van der Waals surface area contributed by atoms with Crippen molar-refractivity contribution in [1.82, 2.24) is 24.8 Å². The highest BCUT2D eigenvalue weighted by Gasteiger charge is 2.14. The zero-order chi connectivity index (χ0) is 24.9. The van der Waals surface area contributed by atoms with Crippen LogP contribution in [-0.4, -0.2) is 32.5 Å². The van der Waals surface area contributed by atoms with E-state index in [9.17, 15) is 9.59 Å². The minimum atomic E-state index is -0.365. The summed E-state index contributed by atoms with van der Waals surface area (Å²) in [5.41, 5.74) is 3.78. The summed E-state index contributed by atoms with van der Waals surface area (Å²) in [4.78, 5) is 35.7. The molecule has 180 valence electrons. The lowest BCUT2D eigenvalue weighted by Crippen LogP contribution is -2.14. The Kier molecular flexibility index (Phi) is 6.97. The average molecular weight is 474 g/mol. The quantitative estimate of drug-likeness (QED) is 0.277. The number of benzene rings is 2. The van der Waals surface area contributed by atoms with Crippen LogP contribution < -0.4 is 21.5 Å². The van der Waals surface area contributed by atoms with E-state index < -0.39 is 0 Å². The van der Waals surface area contributed by atoms with Gasteiger partial charge in [0.05, 0.1) is 29.1 Å². The maximum Gasteiger partial charge on any atom is 0.280 e. The summed E-state index contributed by atoms with van der Waals surface area (Å²) in [6, 6.07) is 13.0. The molecule has 0 aliphatic heterocycles. The van der Waals surface area contributed by atoms with Crippen LogP contribution in [-0.2, 0) is 11.3 Å². The van der Waals surface area contributed by atoms with E-state index in [0.29, 0.717) is 28.4 Å². The second kappa shape index (κ2) is 10.3. The number of rotatable bonds is 8. The highest BCUT2D eigenvalue weighted by Crippen LogP contribution is 2.30. The van der Waals surface area contributed by atoms with Gasteiger partial charge in [-0.15, -0.1) is 0 Å². The van der Waals surface area contributed by atoms with Crippen LogP contribution >= 0.6 is 0 Å². The lowest BCUT2D eigenvalue weighted by atomic mass is 10.2. The van der Waals surface area contributed by atoms with E-state index >= 15 is 0 Å². The molecule has 35 heavy (non-hydrogen) atoms. The number of amides is 1. The molecule has 0 aliphatic rings. The van der Waals surface area contributed by atoms with Crippen molar-refractivity contribution >= 4 is 45.8 Å². The SMILES string of the molecule is CNCc1ccc(N=Nc2ccc(NC(C)=O)c(Nc3nc4c(ncn4C(C)C)c(=O)[nH]3)c2)cc1. The normalized spacial score (nSPS) is 11.5. The molecule has 0 atom stereocenters. The van der Waals surface area contributed by atoms with Gasteiger partial charge in [0.2, 0.25) is 11.9 Å². The first-order valence-corrected chi connectivity index (χ1v) is 11.1. The first-order valence-electron chi connectivity index (χ1n) is 11.1. The van der Waals surface area contributed by atoms with Crippen molar-refractivity contribution in [2.24, 2.45) is 10.2 Å². The van der Waals surface area contributed by atoms with Gasteiger partial charge in [0.25, 0.3) is 5.56 Å². The largest absolute Gasteiger partial charge is 0.325 e. The van der Waals surface area contributed by atoms with Gasteiger partial charge >= 0.3 is 0 Å². The van der Waals surface area contributed by atoms with E-state index in [1.54, 1.807) is 24.5 Å². The van der Waals surface area contributed by atoms with Gasteiger partial charge in [0.1, 0.15) is 0 Å². The number of hydrogen-bond donors (Lipinski definition) is 4. The lowest BCUT2D eigenvalue weighted by Gasteiger charge is -2.13. The fourth-order valence-corrected chi connectivity index (χ4v) is 3.49. The Labute approximate surface area is 201 Å². The van der Waals surface area contributed by atoms with E-state index in [2.05, 4.69) is 41.1 Å². The lowest BCUT2D eigenvalue weighted by molar-refractivity contribution is -0.114. The molecule has 0 spiro atoms.